The zero-order chi connectivity index (χ0) is 13.1. The molecule has 2 aromatic rings. The fourth-order valence-corrected chi connectivity index (χ4v) is 1.58. The largest absolute Gasteiger partial charge is 0.465 e. The van der Waals surface area contributed by atoms with Crippen molar-refractivity contribution in [2.75, 3.05) is 12.8 Å². The molecule has 92 valence electrons. The average molecular weight is 244 g/mol. The van der Waals surface area contributed by atoms with Crippen molar-refractivity contribution in [2.45, 2.75) is 6.92 Å². The summed E-state index contributed by atoms with van der Waals surface area (Å²) in [6.45, 7) is 1.69. The van der Waals surface area contributed by atoms with Gasteiger partial charge in [-0.15, -0.1) is 0 Å². The van der Waals surface area contributed by atoms with E-state index >= 15 is 0 Å². The molecule has 2 aromatic heterocycles. The highest BCUT2D eigenvalue weighted by molar-refractivity contribution is 5.95. The number of carbonyl (C=O) groups is 1. The number of nitrogen functional groups attached to an aromatic ring is 1. The predicted molar refractivity (Wildman–Crippen MR) is 65.8 cm³/mol. The van der Waals surface area contributed by atoms with Gasteiger partial charge in [-0.2, -0.15) is 0 Å². The molecule has 0 saturated heterocycles. The van der Waals surface area contributed by atoms with E-state index in [4.69, 9.17) is 5.73 Å². The van der Waals surface area contributed by atoms with Crippen molar-refractivity contribution in [3.05, 3.63) is 35.8 Å². The SMILES string of the molecule is COC(=O)c1c(C)nc(-c2ccncc2)nc1N. The van der Waals surface area contributed by atoms with Gasteiger partial charge < -0.3 is 10.5 Å². The lowest BCUT2D eigenvalue weighted by atomic mass is 10.2. The summed E-state index contributed by atoms with van der Waals surface area (Å²) in [5.74, 6) is 0.0347. The maximum Gasteiger partial charge on any atom is 0.343 e. The van der Waals surface area contributed by atoms with Crippen LogP contribution in [0.4, 0.5) is 5.82 Å². The summed E-state index contributed by atoms with van der Waals surface area (Å²) in [6, 6.07) is 3.54. The fourth-order valence-electron chi connectivity index (χ4n) is 1.58. The molecule has 0 spiro atoms. The Bertz CT molecular complexity index is 561. The first-order chi connectivity index (χ1) is 8.63. The molecule has 0 aliphatic carbocycles. The molecule has 6 heteroatoms. The Morgan fingerprint density at radius 2 is 1.94 bits per heavy atom. The summed E-state index contributed by atoms with van der Waals surface area (Å²) in [6.07, 6.45) is 3.27. The molecule has 0 saturated carbocycles. The number of pyridine rings is 1. The number of esters is 1. The topological polar surface area (TPSA) is 91.0 Å². The van der Waals surface area contributed by atoms with Crippen LogP contribution in [0.2, 0.25) is 0 Å². The first kappa shape index (κ1) is 12.0. The molecule has 0 radical (unpaired) electrons. The molecule has 0 atom stereocenters. The molecule has 2 N–H and O–H groups in total. The Labute approximate surface area is 104 Å². The summed E-state index contributed by atoms with van der Waals surface area (Å²) < 4.78 is 4.63. The van der Waals surface area contributed by atoms with Gasteiger partial charge in [0.1, 0.15) is 11.4 Å². The standard InChI is InChI=1S/C12H12N4O2/c1-7-9(12(17)18-2)10(13)16-11(15-7)8-3-5-14-6-4-8/h3-6H,1-2H3,(H2,13,15,16). The van der Waals surface area contributed by atoms with Crippen LogP contribution in [-0.4, -0.2) is 28.0 Å². The van der Waals surface area contributed by atoms with Crippen molar-refractivity contribution >= 4 is 11.8 Å². The summed E-state index contributed by atoms with van der Waals surface area (Å²) >= 11 is 0. The van der Waals surface area contributed by atoms with Crippen molar-refractivity contribution in [3.8, 4) is 11.4 Å². The van der Waals surface area contributed by atoms with Gasteiger partial charge in [0.05, 0.1) is 12.8 Å². The molecule has 0 aliphatic heterocycles. The van der Waals surface area contributed by atoms with Crippen LogP contribution in [0.3, 0.4) is 0 Å². The maximum atomic E-state index is 11.5. The van der Waals surface area contributed by atoms with Crippen molar-refractivity contribution < 1.29 is 9.53 Å². The maximum absolute atomic E-state index is 11.5. The van der Waals surface area contributed by atoms with E-state index in [0.717, 1.165) is 5.56 Å². The van der Waals surface area contributed by atoms with E-state index in [2.05, 4.69) is 19.7 Å². The normalized spacial score (nSPS) is 10.1. The van der Waals surface area contributed by atoms with Crippen LogP contribution in [-0.2, 0) is 4.74 Å². The molecule has 6 nitrogen and oxygen atoms in total. The van der Waals surface area contributed by atoms with Crippen LogP contribution in [0.15, 0.2) is 24.5 Å². The zero-order valence-electron chi connectivity index (χ0n) is 10.0. The highest BCUT2D eigenvalue weighted by atomic mass is 16.5. The summed E-state index contributed by atoms with van der Waals surface area (Å²) in [5, 5.41) is 0. The van der Waals surface area contributed by atoms with Gasteiger partial charge in [0.25, 0.3) is 0 Å². The number of nitrogens with zero attached hydrogens (tertiary/aromatic N) is 3. The molecule has 0 aliphatic rings. The smallest absolute Gasteiger partial charge is 0.343 e. The summed E-state index contributed by atoms with van der Waals surface area (Å²) in [5.41, 5.74) is 7.25. The summed E-state index contributed by atoms with van der Waals surface area (Å²) in [7, 11) is 1.29. The van der Waals surface area contributed by atoms with E-state index in [1.807, 2.05) is 0 Å². The first-order valence-electron chi connectivity index (χ1n) is 5.26. The highest BCUT2D eigenvalue weighted by Crippen LogP contribution is 2.20. The molecular formula is C12H12N4O2. The van der Waals surface area contributed by atoms with Crippen LogP contribution >= 0.6 is 0 Å². The number of anilines is 1. The van der Waals surface area contributed by atoms with Gasteiger partial charge in [-0.3, -0.25) is 4.98 Å². The highest BCUT2D eigenvalue weighted by Gasteiger charge is 2.17. The fraction of sp³-hybridized carbons (Fsp3) is 0.167. The molecule has 0 fully saturated rings. The van der Waals surface area contributed by atoms with Crippen LogP contribution in [0.1, 0.15) is 16.1 Å². The van der Waals surface area contributed by atoms with Gasteiger partial charge >= 0.3 is 5.97 Å². The van der Waals surface area contributed by atoms with Crippen molar-refractivity contribution in [2.24, 2.45) is 0 Å². The number of rotatable bonds is 2. The van der Waals surface area contributed by atoms with Crippen molar-refractivity contribution in [1.29, 1.82) is 0 Å². The number of methoxy groups -OCH3 is 1. The van der Waals surface area contributed by atoms with Gasteiger partial charge in [0.15, 0.2) is 5.82 Å². The minimum Gasteiger partial charge on any atom is -0.465 e. The molecule has 18 heavy (non-hydrogen) atoms. The Hall–Kier alpha value is -2.50. The minimum atomic E-state index is -0.536. The van der Waals surface area contributed by atoms with Gasteiger partial charge in [-0.1, -0.05) is 0 Å². The van der Waals surface area contributed by atoms with Crippen LogP contribution < -0.4 is 5.73 Å². The van der Waals surface area contributed by atoms with E-state index in [0.29, 0.717) is 11.5 Å². The molecule has 2 heterocycles. The minimum absolute atomic E-state index is 0.112. The number of aromatic nitrogens is 3. The van der Waals surface area contributed by atoms with Crippen molar-refractivity contribution in [1.82, 2.24) is 15.0 Å². The molecule has 0 bridgehead atoms. The number of carbonyl (C=O) groups excluding carboxylic acids is 1. The molecule has 0 aromatic carbocycles. The second kappa shape index (κ2) is 4.79. The number of nitrogens with two attached hydrogens (primary N) is 1. The average Bonchev–Trinajstić information content (AvgIpc) is 2.38. The van der Waals surface area contributed by atoms with Gasteiger partial charge in [0, 0.05) is 18.0 Å². The molecule has 0 unspecified atom stereocenters. The van der Waals surface area contributed by atoms with E-state index in [9.17, 15) is 4.79 Å². The van der Waals surface area contributed by atoms with E-state index in [-0.39, 0.29) is 11.4 Å². The Morgan fingerprint density at radius 3 is 2.50 bits per heavy atom. The third-order valence-corrected chi connectivity index (χ3v) is 2.45. The van der Waals surface area contributed by atoms with Gasteiger partial charge in [-0.05, 0) is 19.1 Å². The quantitative estimate of drug-likeness (QED) is 0.798. The van der Waals surface area contributed by atoms with Gasteiger partial charge in [0.2, 0.25) is 0 Å². The molecular weight excluding hydrogens is 232 g/mol. The Balaban J connectivity index is 2.53. The second-order valence-corrected chi connectivity index (χ2v) is 3.62. The lowest BCUT2D eigenvalue weighted by molar-refractivity contribution is 0.0600. The number of aryl methyl sites for hydroxylation is 1. The monoisotopic (exact) mass is 244 g/mol. The molecule has 0 amide bonds. The Kier molecular flexibility index (Phi) is 3.18. The van der Waals surface area contributed by atoms with E-state index < -0.39 is 5.97 Å². The third kappa shape index (κ3) is 2.13. The number of hydrogen-bond acceptors (Lipinski definition) is 6. The van der Waals surface area contributed by atoms with Crippen molar-refractivity contribution in [3.63, 3.8) is 0 Å². The van der Waals surface area contributed by atoms with Gasteiger partial charge in [-0.25, -0.2) is 14.8 Å². The van der Waals surface area contributed by atoms with Crippen LogP contribution in [0, 0.1) is 6.92 Å². The van der Waals surface area contributed by atoms with E-state index in [1.54, 1.807) is 31.5 Å². The van der Waals surface area contributed by atoms with Crippen LogP contribution in [0.5, 0.6) is 0 Å². The zero-order valence-corrected chi connectivity index (χ0v) is 10.0. The predicted octanol–water partition coefficient (Wildman–Crippen LogP) is 1.22. The second-order valence-electron chi connectivity index (χ2n) is 3.62. The van der Waals surface area contributed by atoms with Crippen LogP contribution in [0.25, 0.3) is 11.4 Å². The Morgan fingerprint density at radius 1 is 1.28 bits per heavy atom. The lowest BCUT2D eigenvalue weighted by Gasteiger charge is -2.08. The summed E-state index contributed by atoms with van der Waals surface area (Å²) in [4.78, 5) is 23.8. The van der Waals surface area contributed by atoms with E-state index in [1.165, 1.54) is 7.11 Å². The molecule has 2 rings (SSSR count). The first-order valence-corrected chi connectivity index (χ1v) is 5.26. The lowest BCUT2D eigenvalue weighted by Crippen LogP contribution is -2.12. The number of hydrogen-bond donors (Lipinski definition) is 1. The third-order valence-electron chi connectivity index (χ3n) is 2.45. The number of ether oxygens (including phenoxy) is 1.